The number of rotatable bonds is 8. The van der Waals surface area contributed by atoms with E-state index in [1.54, 1.807) is 0 Å². The van der Waals surface area contributed by atoms with Gasteiger partial charge in [-0.05, 0) is 90.6 Å². The summed E-state index contributed by atoms with van der Waals surface area (Å²) in [7, 11) is 0. The summed E-state index contributed by atoms with van der Waals surface area (Å²) in [6.07, 6.45) is 8.04. The molecular weight excluding hydrogens is 410 g/mol. The molecule has 0 aromatic heterocycles. The first-order valence-corrected chi connectivity index (χ1v) is 13.9. The molecule has 1 rings (SSSR count). The standard InChI is InChI=1S/C12H16.C11H23N.C4H8.3C2H6/c1-4-11(5-2)12-9-7-6-8-10(12)3;1-5-8-12(9-6-2)10-11(4)7-3;1-4(2)3;3*1-2/h4,6-9H,5H2,1-3H3;7H,5-6,8-10H2,1-4H3;1H2,2-3H3;3*1-2H3/b11-4+;11-7+;;;;. The van der Waals surface area contributed by atoms with Gasteiger partial charge in [0.25, 0.3) is 0 Å². The van der Waals surface area contributed by atoms with Crippen molar-refractivity contribution in [2.45, 2.75) is 123 Å². The van der Waals surface area contributed by atoms with Gasteiger partial charge in [-0.2, -0.15) is 0 Å². The van der Waals surface area contributed by atoms with Crippen LogP contribution < -0.4 is 0 Å². The van der Waals surface area contributed by atoms with Gasteiger partial charge in [0.15, 0.2) is 0 Å². The van der Waals surface area contributed by atoms with Crippen molar-refractivity contribution in [1.29, 1.82) is 0 Å². The van der Waals surface area contributed by atoms with Gasteiger partial charge in [0.05, 0.1) is 0 Å². The lowest BCUT2D eigenvalue weighted by Crippen LogP contribution is -2.27. The maximum atomic E-state index is 3.56. The average molecular weight is 476 g/mol. The summed E-state index contributed by atoms with van der Waals surface area (Å²) < 4.78 is 0. The van der Waals surface area contributed by atoms with Crippen LogP contribution in [0.2, 0.25) is 0 Å². The molecule has 0 radical (unpaired) electrons. The Bertz CT molecular complexity index is 568. The number of hydrogen-bond acceptors (Lipinski definition) is 1. The Balaban J connectivity index is -0.000000120. The number of nitrogens with zero attached hydrogens (tertiary/aromatic N) is 1. The molecule has 0 N–H and O–H groups in total. The van der Waals surface area contributed by atoms with Gasteiger partial charge in [0, 0.05) is 6.54 Å². The number of allylic oxidation sites excluding steroid dienone is 4. The molecule has 0 fully saturated rings. The van der Waals surface area contributed by atoms with Crippen LogP contribution in [0.3, 0.4) is 0 Å². The summed E-state index contributed by atoms with van der Waals surface area (Å²) >= 11 is 0. The molecule has 1 heteroatoms. The molecule has 1 nitrogen and oxygen atoms in total. The summed E-state index contributed by atoms with van der Waals surface area (Å²) in [5, 5.41) is 0. The van der Waals surface area contributed by atoms with Crippen LogP contribution in [0.15, 0.2) is 54.1 Å². The average Bonchev–Trinajstić information content (AvgIpc) is 2.85. The second-order valence-corrected chi connectivity index (χ2v) is 7.60. The maximum Gasteiger partial charge on any atom is 0.0189 e. The van der Waals surface area contributed by atoms with E-state index in [1.165, 1.54) is 53.8 Å². The van der Waals surface area contributed by atoms with Crippen LogP contribution in [0.25, 0.3) is 5.57 Å². The maximum absolute atomic E-state index is 3.56. The molecule has 0 saturated carbocycles. The van der Waals surface area contributed by atoms with Crippen LogP contribution in [0.4, 0.5) is 0 Å². The van der Waals surface area contributed by atoms with Crippen LogP contribution in [0, 0.1) is 6.92 Å². The van der Waals surface area contributed by atoms with Crippen LogP contribution in [-0.2, 0) is 0 Å². The molecule has 34 heavy (non-hydrogen) atoms. The van der Waals surface area contributed by atoms with Gasteiger partial charge in [-0.1, -0.05) is 110 Å². The molecule has 1 aromatic carbocycles. The number of benzene rings is 1. The van der Waals surface area contributed by atoms with Crippen LogP contribution in [0.1, 0.15) is 127 Å². The third-order valence-corrected chi connectivity index (χ3v) is 4.27. The molecule has 0 bridgehead atoms. The predicted octanol–water partition coefficient (Wildman–Crippen LogP) is 11.5. The lowest BCUT2D eigenvalue weighted by Gasteiger charge is -2.20. The summed E-state index contributed by atoms with van der Waals surface area (Å²) in [6.45, 7) is 38.4. The number of hydrogen-bond donors (Lipinski definition) is 0. The molecule has 0 amide bonds. The topological polar surface area (TPSA) is 3.24 Å². The van der Waals surface area contributed by atoms with Crippen molar-refractivity contribution in [3.05, 3.63) is 65.3 Å². The first-order valence-electron chi connectivity index (χ1n) is 13.9. The Morgan fingerprint density at radius 2 is 1.21 bits per heavy atom. The van der Waals surface area contributed by atoms with Crippen molar-refractivity contribution in [1.82, 2.24) is 4.90 Å². The van der Waals surface area contributed by atoms with Crippen LogP contribution in [-0.4, -0.2) is 24.5 Å². The zero-order chi connectivity index (χ0) is 27.9. The Morgan fingerprint density at radius 1 is 0.794 bits per heavy atom. The lowest BCUT2D eigenvalue weighted by atomic mass is 9.99. The molecule has 0 aliphatic carbocycles. The van der Waals surface area contributed by atoms with Gasteiger partial charge in [0.2, 0.25) is 0 Å². The first kappa shape index (κ1) is 42.6. The molecule has 0 spiro atoms. The van der Waals surface area contributed by atoms with Gasteiger partial charge in [-0.3, -0.25) is 4.90 Å². The van der Waals surface area contributed by atoms with Gasteiger partial charge in [0.1, 0.15) is 0 Å². The Morgan fingerprint density at radius 3 is 1.50 bits per heavy atom. The molecule has 202 valence electrons. The van der Waals surface area contributed by atoms with E-state index < -0.39 is 0 Å². The fourth-order valence-electron chi connectivity index (χ4n) is 2.83. The molecule has 0 atom stereocenters. The minimum absolute atomic E-state index is 1.11. The van der Waals surface area contributed by atoms with Crippen molar-refractivity contribution >= 4 is 5.57 Å². The molecule has 0 aliphatic rings. The second-order valence-electron chi connectivity index (χ2n) is 7.60. The quantitative estimate of drug-likeness (QED) is 0.338. The Kier molecular flexibility index (Phi) is 45.0. The third kappa shape index (κ3) is 30.4. The Hall–Kier alpha value is -1.60. The van der Waals surface area contributed by atoms with E-state index in [0.717, 1.165) is 13.0 Å². The highest BCUT2D eigenvalue weighted by molar-refractivity contribution is 5.67. The smallest absolute Gasteiger partial charge is 0.0189 e. The van der Waals surface area contributed by atoms with E-state index in [4.69, 9.17) is 0 Å². The van der Waals surface area contributed by atoms with E-state index in [0.29, 0.717) is 0 Å². The zero-order valence-electron chi connectivity index (χ0n) is 26.4. The minimum atomic E-state index is 1.11. The molecular formula is C33H65N. The normalized spacial score (nSPS) is 9.88. The SMILES string of the molecule is C/C=C(\C)CN(CCC)CCC.C/C=C(\CC)c1ccccc1C.C=C(C)C.CC.CC.CC. The fourth-order valence-corrected chi connectivity index (χ4v) is 2.83. The van der Waals surface area contributed by atoms with Crippen molar-refractivity contribution in [3.8, 4) is 0 Å². The van der Waals surface area contributed by atoms with Gasteiger partial charge >= 0.3 is 0 Å². The van der Waals surface area contributed by atoms with Crippen LogP contribution in [0.5, 0.6) is 0 Å². The summed E-state index contributed by atoms with van der Waals surface area (Å²) in [5.41, 5.74) is 6.85. The highest BCUT2D eigenvalue weighted by atomic mass is 15.1. The van der Waals surface area contributed by atoms with Gasteiger partial charge < -0.3 is 0 Å². The summed E-state index contributed by atoms with van der Waals surface area (Å²) in [6, 6.07) is 8.53. The minimum Gasteiger partial charge on any atom is -0.299 e. The molecule has 0 heterocycles. The van der Waals surface area contributed by atoms with Crippen molar-refractivity contribution in [3.63, 3.8) is 0 Å². The highest BCUT2D eigenvalue weighted by Crippen LogP contribution is 2.20. The fraction of sp³-hybridized carbons (Fsp3) is 0.636. The van der Waals surface area contributed by atoms with Crippen molar-refractivity contribution < 1.29 is 0 Å². The van der Waals surface area contributed by atoms with Crippen LogP contribution >= 0.6 is 0 Å². The first-order chi connectivity index (χ1) is 16.3. The van der Waals surface area contributed by atoms with E-state index in [2.05, 4.69) is 96.4 Å². The molecule has 0 aliphatic heterocycles. The highest BCUT2D eigenvalue weighted by Gasteiger charge is 2.01. The van der Waals surface area contributed by atoms with E-state index >= 15 is 0 Å². The number of aryl methyl sites for hydroxylation is 1. The molecule has 0 saturated heterocycles. The summed E-state index contributed by atoms with van der Waals surface area (Å²) in [5.74, 6) is 0. The summed E-state index contributed by atoms with van der Waals surface area (Å²) in [4.78, 5) is 2.52. The van der Waals surface area contributed by atoms with Gasteiger partial charge in [-0.15, -0.1) is 6.58 Å². The molecule has 1 aromatic rings. The zero-order valence-corrected chi connectivity index (χ0v) is 26.4. The predicted molar refractivity (Wildman–Crippen MR) is 166 cm³/mol. The third-order valence-electron chi connectivity index (χ3n) is 4.27. The van der Waals surface area contributed by atoms with Gasteiger partial charge in [-0.25, -0.2) is 0 Å². The van der Waals surface area contributed by atoms with E-state index in [1.807, 2.05) is 55.4 Å². The molecule has 0 unspecified atom stereocenters. The van der Waals surface area contributed by atoms with E-state index in [-0.39, 0.29) is 0 Å². The van der Waals surface area contributed by atoms with Crippen molar-refractivity contribution in [2.75, 3.05) is 19.6 Å². The Labute approximate surface area is 218 Å². The van der Waals surface area contributed by atoms with Crippen molar-refractivity contribution in [2.24, 2.45) is 0 Å². The second kappa shape index (κ2) is 36.0. The van der Waals surface area contributed by atoms with E-state index in [9.17, 15) is 0 Å². The largest absolute Gasteiger partial charge is 0.299 e. The lowest BCUT2D eigenvalue weighted by molar-refractivity contribution is 0.297. The monoisotopic (exact) mass is 476 g/mol.